The quantitative estimate of drug-likeness (QED) is 0.0760. The highest BCUT2D eigenvalue weighted by Gasteiger charge is 2.24. The summed E-state index contributed by atoms with van der Waals surface area (Å²) in [5.74, 6) is 0.859. The highest BCUT2D eigenvalue weighted by atomic mass is 32.2. The number of rotatable bonds is 18. The topological polar surface area (TPSA) is 151 Å². The van der Waals surface area contributed by atoms with E-state index in [4.69, 9.17) is 9.47 Å². The number of ether oxygens (including phenoxy) is 2. The number of nitrogens with zero attached hydrogens (tertiary/aromatic N) is 2. The fraction of sp³-hybridized carbons (Fsp3) is 0.211. The van der Waals surface area contributed by atoms with E-state index in [1.807, 2.05) is 89.8 Å². The largest absolute Gasteiger partial charge is 0.491 e. The predicted octanol–water partition coefficient (Wildman–Crippen LogP) is 5.82. The molecule has 0 unspecified atom stereocenters. The lowest BCUT2D eigenvalue weighted by Gasteiger charge is -2.32. The van der Waals surface area contributed by atoms with Crippen LogP contribution in [0.15, 0.2) is 138 Å². The molecule has 0 heterocycles. The molecule has 12 heteroatoms. The van der Waals surface area contributed by atoms with Gasteiger partial charge in [-0.05, 0) is 53.4 Å². The average Bonchev–Trinajstić information content (AvgIpc) is 3.13. The molecule has 2 atom stereocenters. The second-order valence-electron chi connectivity index (χ2n) is 11.7. The fourth-order valence-electron chi connectivity index (χ4n) is 5.37. The highest BCUT2D eigenvalue weighted by Crippen LogP contribution is 2.31. The molecule has 0 aliphatic rings. The second-order valence-corrected chi connectivity index (χ2v) is 13.4. The van der Waals surface area contributed by atoms with E-state index in [2.05, 4.69) is 4.72 Å². The lowest BCUT2D eigenvalue weighted by molar-refractivity contribution is -0.383. The van der Waals surface area contributed by atoms with Gasteiger partial charge in [0.2, 0.25) is 0 Å². The SMILES string of the molecule is O=[N+]([O-])c1ccc(OC[C@@H](O)CN(Cc2ccccc2)[C@H](CO)Cc2ccc(OCc3ccccc3)cc2)cc1NS(=O)(=O)c1ccccc1. The third-order valence-corrected chi connectivity index (χ3v) is 9.33. The zero-order chi connectivity index (χ0) is 35.3. The first-order chi connectivity index (χ1) is 24.2. The van der Waals surface area contributed by atoms with E-state index in [0.29, 0.717) is 19.6 Å². The zero-order valence-corrected chi connectivity index (χ0v) is 28.1. The molecule has 0 aromatic heterocycles. The molecule has 0 amide bonds. The van der Waals surface area contributed by atoms with Crippen LogP contribution < -0.4 is 14.2 Å². The molecule has 0 aliphatic carbocycles. The number of nitrogens with one attached hydrogen (secondary N) is 1. The van der Waals surface area contributed by atoms with Gasteiger partial charge in [-0.1, -0.05) is 91.0 Å². The van der Waals surface area contributed by atoms with Crippen LogP contribution in [0.3, 0.4) is 0 Å². The summed E-state index contributed by atoms with van der Waals surface area (Å²) in [7, 11) is -4.12. The van der Waals surface area contributed by atoms with E-state index in [0.717, 1.165) is 28.5 Å². The number of hydrogen-bond donors (Lipinski definition) is 3. The minimum Gasteiger partial charge on any atom is -0.491 e. The third-order valence-electron chi connectivity index (χ3n) is 7.95. The Hall–Kier alpha value is -5.27. The minimum absolute atomic E-state index is 0.0553. The van der Waals surface area contributed by atoms with Crippen molar-refractivity contribution >= 4 is 21.4 Å². The van der Waals surface area contributed by atoms with Crippen LogP contribution in [0.25, 0.3) is 0 Å². The average molecular weight is 698 g/mol. The zero-order valence-electron chi connectivity index (χ0n) is 27.2. The molecule has 0 spiro atoms. The third kappa shape index (κ3) is 10.4. The molecule has 0 aliphatic heterocycles. The standard InChI is InChI=1S/C38H39N3O8S/c42-26-32(22-29-16-18-34(19-17-29)48-27-31-12-6-2-7-13-31)40(24-30-10-4-1-5-11-30)25-33(43)28-49-35-20-21-38(41(44)45)37(23-35)39-50(46,47)36-14-8-3-9-15-36/h1-21,23,32-33,39,42-43H,22,24-28H2/t32-,33-/m0/s1. The van der Waals surface area contributed by atoms with Crippen molar-refractivity contribution in [2.75, 3.05) is 24.5 Å². The lowest BCUT2D eigenvalue weighted by Crippen LogP contribution is -2.44. The molecule has 0 saturated carbocycles. The van der Waals surface area contributed by atoms with E-state index in [1.54, 1.807) is 18.2 Å². The molecule has 11 nitrogen and oxygen atoms in total. The fourth-order valence-corrected chi connectivity index (χ4v) is 6.46. The summed E-state index contributed by atoms with van der Waals surface area (Å²) in [5.41, 5.74) is 2.32. The van der Waals surface area contributed by atoms with Crippen LogP contribution in [0.2, 0.25) is 0 Å². The van der Waals surface area contributed by atoms with E-state index in [-0.39, 0.29) is 42.1 Å². The van der Waals surface area contributed by atoms with Crippen molar-refractivity contribution in [2.24, 2.45) is 0 Å². The van der Waals surface area contributed by atoms with Crippen molar-refractivity contribution < 1.29 is 33.0 Å². The van der Waals surface area contributed by atoms with Crippen molar-refractivity contribution in [3.8, 4) is 11.5 Å². The van der Waals surface area contributed by atoms with Gasteiger partial charge < -0.3 is 19.7 Å². The maximum absolute atomic E-state index is 12.9. The Balaban J connectivity index is 1.25. The van der Waals surface area contributed by atoms with Gasteiger partial charge in [0.1, 0.15) is 36.5 Å². The summed E-state index contributed by atoms with van der Waals surface area (Å²) < 4.78 is 39.8. The van der Waals surface area contributed by atoms with Gasteiger partial charge >= 0.3 is 0 Å². The predicted molar refractivity (Wildman–Crippen MR) is 190 cm³/mol. The number of aliphatic hydroxyl groups excluding tert-OH is 2. The molecule has 5 aromatic carbocycles. The van der Waals surface area contributed by atoms with Crippen LogP contribution in [0.1, 0.15) is 16.7 Å². The van der Waals surface area contributed by atoms with E-state index >= 15 is 0 Å². The van der Waals surface area contributed by atoms with Gasteiger partial charge in [0, 0.05) is 31.3 Å². The van der Waals surface area contributed by atoms with Crippen LogP contribution in [0.5, 0.6) is 11.5 Å². The molecule has 0 fully saturated rings. The Morgan fingerprint density at radius 1 is 0.760 bits per heavy atom. The van der Waals surface area contributed by atoms with E-state index < -0.39 is 26.7 Å². The monoisotopic (exact) mass is 697 g/mol. The number of hydrogen-bond acceptors (Lipinski definition) is 9. The summed E-state index contributed by atoms with van der Waals surface area (Å²) in [6.45, 7) is 0.678. The highest BCUT2D eigenvalue weighted by molar-refractivity contribution is 7.92. The summed E-state index contributed by atoms with van der Waals surface area (Å²) in [6.07, 6.45) is -0.524. The van der Waals surface area contributed by atoms with Gasteiger partial charge in [0.15, 0.2) is 0 Å². The van der Waals surface area contributed by atoms with Crippen molar-refractivity contribution in [3.05, 3.63) is 160 Å². The number of aliphatic hydroxyl groups is 2. The Labute approximate surface area is 291 Å². The van der Waals surface area contributed by atoms with Gasteiger partial charge in [-0.2, -0.15) is 0 Å². The molecule has 260 valence electrons. The van der Waals surface area contributed by atoms with Crippen LogP contribution in [-0.2, 0) is 29.6 Å². The second kappa shape index (κ2) is 17.4. The molecule has 5 aromatic rings. The van der Waals surface area contributed by atoms with Gasteiger partial charge in [-0.3, -0.25) is 19.7 Å². The van der Waals surface area contributed by atoms with E-state index in [1.165, 1.54) is 24.3 Å². The number of nitro groups is 1. The number of nitro benzene ring substituents is 1. The van der Waals surface area contributed by atoms with Crippen molar-refractivity contribution in [1.29, 1.82) is 0 Å². The van der Waals surface area contributed by atoms with Crippen LogP contribution in [0, 0.1) is 10.1 Å². The van der Waals surface area contributed by atoms with Crippen LogP contribution in [0.4, 0.5) is 11.4 Å². The normalized spacial score (nSPS) is 12.6. The Morgan fingerprint density at radius 3 is 1.98 bits per heavy atom. The first-order valence-electron chi connectivity index (χ1n) is 16.0. The van der Waals surface area contributed by atoms with Gasteiger partial charge in [0.25, 0.3) is 15.7 Å². The number of sulfonamides is 1. The smallest absolute Gasteiger partial charge is 0.293 e. The van der Waals surface area contributed by atoms with Crippen LogP contribution in [-0.4, -0.2) is 60.4 Å². The maximum Gasteiger partial charge on any atom is 0.293 e. The van der Waals surface area contributed by atoms with Crippen molar-refractivity contribution in [1.82, 2.24) is 4.90 Å². The summed E-state index contributed by atoms with van der Waals surface area (Å²) in [4.78, 5) is 12.9. The number of benzene rings is 5. The molecule has 0 bridgehead atoms. The first kappa shape index (κ1) is 36.0. The Bertz CT molecular complexity index is 1910. The van der Waals surface area contributed by atoms with Gasteiger partial charge in [-0.15, -0.1) is 0 Å². The molecular weight excluding hydrogens is 658 g/mol. The van der Waals surface area contributed by atoms with Gasteiger partial charge in [-0.25, -0.2) is 8.42 Å². The maximum atomic E-state index is 12.9. The molecule has 0 radical (unpaired) electrons. The molecule has 50 heavy (non-hydrogen) atoms. The summed E-state index contributed by atoms with van der Waals surface area (Å²) in [5, 5.41) is 33.3. The lowest BCUT2D eigenvalue weighted by atomic mass is 10.0. The van der Waals surface area contributed by atoms with Crippen LogP contribution >= 0.6 is 0 Å². The molecule has 5 rings (SSSR count). The Morgan fingerprint density at radius 2 is 1.36 bits per heavy atom. The van der Waals surface area contributed by atoms with Gasteiger partial charge in [0.05, 0.1) is 16.4 Å². The van der Waals surface area contributed by atoms with E-state index in [9.17, 15) is 28.7 Å². The minimum atomic E-state index is -4.12. The molecule has 0 saturated heterocycles. The van der Waals surface area contributed by atoms with Crippen molar-refractivity contribution in [3.63, 3.8) is 0 Å². The summed E-state index contributed by atoms with van der Waals surface area (Å²) in [6, 6.07) is 38.2. The van der Waals surface area contributed by atoms with Crippen molar-refractivity contribution in [2.45, 2.75) is 36.6 Å². The Kier molecular flexibility index (Phi) is 12.5. The number of anilines is 1. The summed E-state index contributed by atoms with van der Waals surface area (Å²) >= 11 is 0. The molecule has 3 N–H and O–H groups in total. The molecular formula is C38H39N3O8S. The first-order valence-corrected chi connectivity index (χ1v) is 17.5.